The third-order valence-corrected chi connectivity index (χ3v) is 1.59. The van der Waals surface area contributed by atoms with Gasteiger partial charge in [0.05, 0.1) is 6.04 Å². The number of carbonyl (C=O) groups excluding carboxylic acids is 1. The highest BCUT2D eigenvalue weighted by molar-refractivity contribution is 5.84. The average Bonchev–Trinajstić information content (AvgIpc) is 1.99. The second-order valence-electron chi connectivity index (χ2n) is 2.36. The van der Waals surface area contributed by atoms with Crippen LogP contribution in [-0.2, 0) is 4.79 Å². The summed E-state index contributed by atoms with van der Waals surface area (Å²) < 4.78 is 0. The fraction of sp³-hybridized carbons (Fsp3) is 0.833. The number of rotatable bonds is 0. The summed E-state index contributed by atoms with van der Waals surface area (Å²) in [6.07, 6.45) is 1.39. The maximum Gasteiger partial charge on any atom is 0.150 e. The van der Waals surface area contributed by atoms with Crippen LogP contribution in [0.3, 0.4) is 0 Å². The molecular weight excluding hydrogens is 116 g/mol. The van der Waals surface area contributed by atoms with Crippen LogP contribution in [0.25, 0.3) is 0 Å². The third kappa shape index (κ3) is 1.77. The SMILES string of the molecule is N[C@H]1CCNCCC1=O. The smallest absolute Gasteiger partial charge is 0.150 e. The molecule has 1 aliphatic heterocycles. The van der Waals surface area contributed by atoms with E-state index in [1.165, 1.54) is 0 Å². The van der Waals surface area contributed by atoms with Gasteiger partial charge in [-0.05, 0) is 13.0 Å². The van der Waals surface area contributed by atoms with E-state index in [2.05, 4.69) is 5.32 Å². The molecule has 1 rings (SSSR count). The Morgan fingerprint density at radius 2 is 2.33 bits per heavy atom. The molecule has 1 aliphatic rings. The molecule has 1 heterocycles. The summed E-state index contributed by atoms with van der Waals surface area (Å²) in [5.74, 6) is 0.194. The van der Waals surface area contributed by atoms with Crippen LogP contribution in [0.4, 0.5) is 0 Å². The summed E-state index contributed by atoms with van der Waals surface area (Å²) in [4.78, 5) is 10.8. The predicted molar refractivity (Wildman–Crippen MR) is 35.1 cm³/mol. The van der Waals surface area contributed by atoms with E-state index in [9.17, 15) is 4.79 Å². The molecule has 3 heteroatoms. The first-order valence-electron chi connectivity index (χ1n) is 3.30. The third-order valence-electron chi connectivity index (χ3n) is 1.59. The molecule has 1 fully saturated rings. The van der Waals surface area contributed by atoms with Crippen LogP contribution < -0.4 is 11.1 Å². The molecule has 1 atom stereocenters. The largest absolute Gasteiger partial charge is 0.321 e. The van der Waals surface area contributed by atoms with Crippen molar-refractivity contribution in [2.45, 2.75) is 18.9 Å². The summed E-state index contributed by atoms with van der Waals surface area (Å²) in [6.45, 7) is 1.68. The molecule has 0 amide bonds. The molecule has 0 saturated carbocycles. The zero-order chi connectivity index (χ0) is 6.69. The first-order chi connectivity index (χ1) is 4.30. The number of ketones is 1. The van der Waals surface area contributed by atoms with Crippen LogP contribution in [0.15, 0.2) is 0 Å². The summed E-state index contributed by atoms with van der Waals surface area (Å²) in [5, 5.41) is 3.11. The number of nitrogens with one attached hydrogen (secondary N) is 1. The Morgan fingerprint density at radius 1 is 1.56 bits per heavy atom. The lowest BCUT2D eigenvalue weighted by Crippen LogP contribution is -2.29. The molecular formula is C6H12N2O. The van der Waals surface area contributed by atoms with Crippen molar-refractivity contribution >= 4 is 5.78 Å². The Kier molecular flexibility index (Phi) is 2.19. The van der Waals surface area contributed by atoms with Gasteiger partial charge < -0.3 is 11.1 Å². The van der Waals surface area contributed by atoms with Crippen molar-refractivity contribution < 1.29 is 4.79 Å². The maximum atomic E-state index is 10.8. The van der Waals surface area contributed by atoms with Crippen LogP contribution in [0.1, 0.15) is 12.8 Å². The summed E-state index contributed by atoms with van der Waals surface area (Å²) in [5.41, 5.74) is 5.49. The van der Waals surface area contributed by atoms with E-state index in [0.717, 1.165) is 19.5 Å². The van der Waals surface area contributed by atoms with E-state index in [1.54, 1.807) is 0 Å². The van der Waals surface area contributed by atoms with E-state index in [-0.39, 0.29) is 11.8 Å². The molecule has 3 nitrogen and oxygen atoms in total. The van der Waals surface area contributed by atoms with Crippen molar-refractivity contribution in [3.05, 3.63) is 0 Å². The second kappa shape index (κ2) is 2.94. The lowest BCUT2D eigenvalue weighted by molar-refractivity contribution is -0.119. The Bertz CT molecular complexity index is 114. The van der Waals surface area contributed by atoms with Gasteiger partial charge in [0, 0.05) is 13.0 Å². The van der Waals surface area contributed by atoms with Crippen LogP contribution in [0, 0.1) is 0 Å². The maximum absolute atomic E-state index is 10.8. The van der Waals surface area contributed by atoms with Crippen LogP contribution in [0.5, 0.6) is 0 Å². The molecule has 0 bridgehead atoms. The normalized spacial score (nSPS) is 29.9. The van der Waals surface area contributed by atoms with Gasteiger partial charge in [-0.15, -0.1) is 0 Å². The molecule has 52 valence electrons. The van der Waals surface area contributed by atoms with Crippen molar-refractivity contribution in [1.82, 2.24) is 5.32 Å². The lowest BCUT2D eigenvalue weighted by atomic mass is 10.1. The fourth-order valence-electron chi connectivity index (χ4n) is 0.941. The first-order valence-corrected chi connectivity index (χ1v) is 3.30. The second-order valence-corrected chi connectivity index (χ2v) is 2.36. The first kappa shape index (κ1) is 6.71. The number of Topliss-reactive ketones (excluding diaryl/α,β-unsaturated/α-hetero) is 1. The molecule has 3 N–H and O–H groups in total. The van der Waals surface area contributed by atoms with Gasteiger partial charge in [-0.1, -0.05) is 0 Å². The number of hydrogen-bond acceptors (Lipinski definition) is 3. The molecule has 0 radical (unpaired) electrons. The molecule has 0 aliphatic carbocycles. The van der Waals surface area contributed by atoms with Gasteiger partial charge in [-0.3, -0.25) is 4.79 Å². The van der Waals surface area contributed by atoms with Crippen LogP contribution in [0.2, 0.25) is 0 Å². The van der Waals surface area contributed by atoms with Crippen LogP contribution in [-0.4, -0.2) is 24.9 Å². The Labute approximate surface area is 54.6 Å². The Balaban J connectivity index is 2.41. The van der Waals surface area contributed by atoms with Gasteiger partial charge >= 0.3 is 0 Å². The van der Waals surface area contributed by atoms with Gasteiger partial charge in [-0.25, -0.2) is 0 Å². The molecule has 0 unspecified atom stereocenters. The van der Waals surface area contributed by atoms with Gasteiger partial charge in [0.25, 0.3) is 0 Å². The van der Waals surface area contributed by atoms with E-state index >= 15 is 0 Å². The molecule has 0 aromatic rings. The molecule has 0 spiro atoms. The van der Waals surface area contributed by atoms with Crippen molar-refractivity contribution in [1.29, 1.82) is 0 Å². The monoisotopic (exact) mass is 128 g/mol. The number of hydrogen-bond donors (Lipinski definition) is 2. The van der Waals surface area contributed by atoms with E-state index in [0.29, 0.717) is 6.42 Å². The zero-order valence-electron chi connectivity index (χ0n) is 5.39. The van der Waals surface area contributed by atoms with Crippen molar-refractivity contribution in [3.8, 4) is 0 Å². The van der Waals surface area contributed by atoms with Gasteiger partial charge in [0.2, 0.25) is 0 Å². The van der Waals surface area contributed by atoms with Crippen molar-refractivity contribution in [2.24, 2.45) is 5.73 Å². The van der Waals surface area contributed by atoms with Crippen LogP contribution >= 0.6 is 0 Å². The average molecular weight is 128 g/mol. The zero-order valence-corrected chi connectivity index (χ0v) is 5.39. The molecule has 9 heavy (non-hydrogen) atoms. The quantitative estimate of drug-likeness (QED) is 0.452. The minimum Gasteiger partial charge on any atom is -0.321 e. The van der Waals surface area contributed by atoms with Gasteiger partial charge in [-0.2, -0.15) is 0 Å². The fourth-order valence-corrected chi connectivity index (χ4v) is 0.941. The Hall–Kier alpha value is -0.410. The minimum atomic E-state index is -0.208. The van der Waals surface area contributed by atoms with E-state index in [1.807, 2.05) is 0 Å². The van der Waals surface area contributed by atoms with Gasteiger partial charge in [0.1, 0.15) is 0 Å². The van der Waals surface area contributed by atoms with E-state index in [4.69, 9.17) is 5.73 Å². The topological polar surface area (TPSA) is 55.1 Å². The molecule has 0 aromatic carbocycles. The molecule has 1 saturated heterocycles. The standard InChI is InChI=1S/C6H12N2O/c7-5-1-3-8-4-2-6(5)9/h5,8H,1-4,7H2/t5-/m0/s1. The molecule has 0 aromatic heterocycles. The lowest BCUT2D eigenvalue weighted by Gasteiger charge is -2.02. The summed E-state index contributed by atoms with van der Waals surface area (Å²) in [6, 6.07) is -0.208. The van der Waals surface area contributed by atoms with Gasteiger partial charge in [0.15, 0.2) is 5.78 Å². The summed E-state index contributed by atoms with van der Waals surface area (Å²) >= 11 is 0. The highest BCUT2D eigenvalue weighted by Crippen LogP contribution is 1.96. The Morgan fingerprint density at radius 3 is 3.11 bits per heavy atom. The van der Waals surface area contributed by atoms with Crippen molar-refractivity contribution in [3.63, 3.8) is 0 Å². The summed E-state index contributed by atoms with van der Waals surface area (Å²) in [7, 11) is 0. The number of carbonyl (C=O) groups is 1. The highest BCUT2D eigenvalue weighted by atomic mass is 16.1. The highest BCUT2D eigenvalue weighted by Gasteiger charge is 2.14. The predicted octanol–water partition coefficient (Wildman–Crippen LogP) is -0.734. The number of nitrogens with two attached hydrogens (primary N) is 1. The van der Waals surface area contributed by atoms with Crippen molar-refractivity contribution in [2.75, 3.05) is 13.1 Å². The van der Waals surface area contributed by atoms with E-state index < -0.39 is 0 Å². The minimum absolute atomic E-state index is 0.194.